The van der Waals surface area contributed by atoms with Gasteiger partial charge in [-0.05, 0) is 14.0 Å². The summed E-state index contributed by atoms with van der Waals surface area (Å²) < 4.78 is 5.00. The smallest absolute Gasteiger partial charge is 0.180 e. The standard InChI is InChI=1S/C10H17N3O.C2H6/c1-9(10-7-14-8-11-10)13-5-3-12(2)4-6-13;1-2/h7-9H,3-6H2,1-2H3;1-2H3. The number of piperazine rings is 1. The third-order valence-corrected chi connectivity index (χ3v) is 2.97. The Morgan fingerprint density at radius 2 is 1.88 bits per heavy atom. The summed E-state index contributed by atoms with van der Waals surface area (Å²) in [6.45, 7) is 10.7. The van der Waals surface area contributed by atoms with Crippen LogP contribution < -0.4 is 0 Å². The molecule has 16 heavy (non-hydrogen) atoms. The minimum Gasteiger partial charge on any atom is -0.451 e. The lowest BCUT2D eigenvalue weighted by Gasteiger charge is -2.35. The molecule has 0 bridgehead atoms. The fraction of sp³-hybridized carbons (Fsp3) is 0.750. The number of oxazole rings is 1. The maximum Gasteiger partial charge on any atom is 0.180 e. The van der Waals surface area contributed by atoms with Gasteiger partial charge in [0.25, 0.3) is 0 Å². The zero-order chi connectivity index (χ0) is 12.0. The largest absolute Gasteiger partial charge is 0.451 e. The van der Waals surface area contributed by atoms with Crippen LogP contribution in [-0.2, 0) is 0 Å². The summed E-state index contributed by atoms with van der Waals surface area (Å²) in [6, 6.07) is 0.377. The van der Waals surface area contributed by atoms with Crippen LogP contribution in [0.15, 0.2) is 17.1 Å². The Labute approximate surface area is 98.2 Å². The minimum absolute atomic E-state index is 0.377. The molecular formula is C12H23N3O. The van der Waals surface area contributed by atoms with Crippen LogP contribution in [-0.4, -0.2) is 48.0 Å². The molecule has 1 saturated heterocycles. The van der Waals surface area contributed by atoms with E-state index in [4.69, 9.17) is 4.42 Å². The van der Waals surface area contributed by atoms with E-state index in [-0.39, 0.29) is 0 Å². The highest BCUT2D eigenvalue weighted by molar-refractivity contribution is 4.99. The van der Waals surface area contributed by atoms with Crippen LogP contribution >= 0.6 is 0 Å². The Morgan fingerprint density at radius 3 is 2.38 bits per heavy atom. The lowest BCUT2D eigenvalue weighted by Crippen LogP contribution is -2.45. The zero-order valence-electron chi connectivity index (χ0n) is 10.8. The molecule has 1 aromatic rings. The number of hydrogen-bond donors (Lipinski definition) is 0. The van der Waals surface area contributed by atoms with E-state index in [2.05, 4.69) is 28.8 Å². The van der Waals surface area contributed by atoms with Crippen molar-refractivity contribution in [3.63, 3.8) is 0 Å². The molecule has 0 amide bonds. The van der Waals surface area contributed by atoms with E-state index in [0.717, 1.165) is 31.9 Å². The molecular weight excluding hydrogens is 202 g/mol. The number of nitrogens with zero attached hydrogens (tertiary/aromatic N) is 3. The van der Waals surface area contributed by atoms with Crippen molar-refractivity contribution in [2.75, 3.05) is 33.2 Å². The summed E-state index contributed by atoms with van der Waals surface area (Å²) in [5.41, 5.74) is 1.04. The Balaban J connectivity index is 0.000000606. The van der Waals surface area contributed by atoms with Crippen molar-refractivity contribution in [1.82, 2.24) is 14.8 Å². The minimum atomic E-state index is 0.377. The first-order valence-corrected chi connectivity index (χ1v) is 6.08. The lowest BCUT2D eigenvalue weighted by atomic mass is 10.2. The molecule has 0 aromatic carbocycles. The van der Waals surface area contributed by atoms with Gasteiger partial charge in [0.05, 0.1) is 11.7 Å². The average molecular weight is 225 g/mol. The number of aromatic nitrogens is 1. The maximum absolute atomic E-state index is 5.00. The SMILES string of the molecule is CC.CC(c1cocn1)N1CCN(C)CC1. The summed E-state index contributed by atoms with van der Waals surface area (Å²) in [7, 11) is 2.16. The van der Waals surface area contributed by atoms with Crippen LogP contribution in [0.4, 0.5) is 0 Å². The first-order chi connectivity index (χ1) is 7.77. The quantitative estimate of drug-likeness (QED) is 0.770. The number of hydrogen-bond acceptors (Lipinski definition) is 4. The normalized spacial score (nSPS) is 20.0. The summed E-state index contributed by atoms with van der Waals surface area (Å²) in [6.07, 6.45) is 3.24. The summed E-state index contributed by atoms with van der Waals surface area (Å²) >= 11 is 0. The van der Waals surface area contributed by atoms with Gasteiger partial charge in [-0.3, -0.25) is 4.90 Å². The predicted molar refractivity (Wildman–Crippen MR) is 65.3 cm³/mol. The average Bonchev–Trinajstić information content (AvgIpc) is 2.85. The Kier molecular flexibility index (Phi) is 5.49. The monoisotopic (exact) mass is 225 g/mol. The van der Waals surface area contributed by atoms with E-state index in [1.54, 1.807) is 6.26 Å². The molecule has 1 fully saturated rings. The van der Waals surface area contributed by atoms with E-state index in [0.29, 0.717) is 6.04 Å². The van der Waals surface area contributed by atoms with Gasteiger partial charge in [0.15, 0.2) is 6.39 Å². The highest BCUT2D eigenvalue weighted by Gasteiger charge is 2.21. The molecule has 0 N–H and O–H groups in total. The van der Waals surface area contributed by atoms with Crippen molar-refractivity contribution < 1.29 is 4.42 Å². The van der Waals surface area contributed by atoms with E-state index < -0.39 is 0 Å². The van der Waals surface area contributed by atoms with Crippen molar-refractivity contribution in [3.05, 3.63) is 18.4 Å². The van der Waals surface area contributed by atoms with Gasteiger partial charge in [-0.1, -0.05) is 13.8 Å². The predicted octanol–water partition coefficient (Wildman–Crippen LogP) is 2.01. The van der Waals surface area contributed by atoms with Crippen molar-refractivity contribution >= 4 is 0 Å². The van der Waals surface area contributed by atoms with Gasteiger partial charge in [-0.2, -0.15) is 0 Å². The van der Waals surface area contributed by atoms with Gasteiger partial charge in [-0.15, -0.1) is 0 Å². The van der Waals surface area contributed by atoms with Crippen molar-refractivity contribution in [2.45, 2.75) is 26.8 Å². The highest BCUT2D eigenvalue weighted by Crippen LogP contribution is 2.19. The lowest BCUT2D eigenvalue weighted by molar-refractivity contribution is 0.117. The van der Waals surface area contributed by atoms with Crippen molar-refractivity contribution in [3.8, 4) is 0 Å². The molecule has 4 nitrogen and oxygen atoms in total. The number of rotatable bonds is 2. The molecule has 1 aliphatic heterocycles. The van der Waals surface area contributed by atoms with Crippen LogP contribution in [0.1, 0.15) is 32.5 Å². The molecule has 4 heteroatoms. The third kappa shape index (κ3) is 3.32. The van der Waals surface area contributed by atoms with Crippen molar-refractivity contribution in [1.29, 1.82) is 0 Å². The molecule has 92 valence electrons. The van der Waals surface area contributed by atoms with Crippen LogP contribution in [0.2, 0.25) is 0 Å². The molecule has 0 radical (unpaired) electrons. The Hall–Kier alpha value is -0.870. The highest BCUT2D eigenvalue weighted by atomic mass is 16.3. The van der Waals surface area contributed by atoms with Gasteiger partial charge in [0, 0.05) is 26.2 Å². The third-order valence-electron chi connectivity index (χ3n) is 2.97. The van der Waals surface area contributed by atoms with Gasteiger partial charge in [0.2, 0.25) is 0 Å². The molecule has 1 aromatic heterocycles. The van der Waals surface area contributed by atoms with Crippen molar-refractivity contribution in [2.24, 2.45) is 0 Å². The van der Waals surface area contributed by atoms with Gasteiger partial charge in [0.1, 0.15) is 6.26 Å². The summed E-state index contributed by atoms with van der Waals surface area (Å²) in [5.74, 6) is 0. The molecule has 2 rings (SSSR count). The van der Waals surface area contributed by atoms with Crippen LogP contribution in [0.25, 0.3) is 0 Å². The molecule has 0 spiro atoms. The fourth-order valence-corrected chi connectivity index (χ4v) is 1.82. The Morgan fingerprint density at radius 1 is 1.25 bits per heavy atom. The Bertz CT molecular complexity index is 266. The first-order valence-electron chi connectivity index (χ1n) is 6.08. The topological polar surface area (TPSA) is 32.5 Å². The molecule has 0 saturated carbocycles. The van der Waals surface area contributed by atoms with E-state index in [1.807, 2.05) is 13.8 Å². The van der Waals surface area contributed by atoms with Gasteiger partial charge >= 0.3 is 0 Å². The fourth-order valence-electron chi connectivity index (χ4n) is 1.82. The second kappa shape index (κ2) is 6.66. The summed E-state index contributed by atoms with van der Waals surface area (Å²) in [4.78, 5) is 8.98. The van der Waals surface area contributed by atoms with Crippen LogP contribution in [0.3, 0.4) is 0 Å². The molecule has 1 unspecified atom stereocenters. The maximum atomic E-state index is 5.00. The molecule has 0 aliphatic carbocycles. The van der Waals surface area contributed by atoms with E-state index in [9.17, 15) is 0 Å². The summed E-state index contributed by atoms with van der Waals surface area (Å²) in [5, 5.41) is 0. The van der Waals surface area contributed by atoms with E-state index >= 15 is 0 Å². The van der Waals surface area contributed by atoms with Crippen LogP contribution in [0, 0.1) is 0 Å². The number of likely N-dealkylation sites (N-methyl/N-ethyl adjacent to an activating group) is 1. The zero-order valence-corrected chi connectivity index (χ0v) is 10.8. The molecule has 1 aliphatic rings. The second-order valence-corrected chi connectivity index (χ2v) is 3.93. The van der Waals surface area contributed by atoms with E-state index in [1.165, 1.54) is 6.39 Å². The second-order valence-electron chi connectivity index (χ2n) is 3.93. The van der Waals surface area contributed by atoms with Gasteiger partial charge in [-0.25, -0.2) is 4.98 Å². The first kappa shape index (κ1) is 13.2. The van der Waals surface area contributed by atoms with Gasteiger partial charge < -0.3 is 9.32 Å². The van der Waals surface area contributed by atoms with Crippen LogP contribution in [0.5, 0.6) is 0 Å². The molecule has 1 atom stereocenters. The molecule has 2 heterocycles.